The lowest BCUT2D eigenvalue weighted by molar-refractivity contribution is -0.119. The Morgan fingerprint density at radius 2 is 2.15 bits per heavy atom. The first-order valence-electron chi connectivity index (χ1n) is 8.23. The predicted octanol–water partition coefficient (Wildman–Crippen LogP) is 3.30. The minimum atomic E-state index is -0.0451. The Morgan fingerprint density at radius 1 is 1.31 bits per heavy atom. The molecule has 8 heteroatoms. The molecule has 1 amide bonds. The number of amides is 1. The van der Waals surface area contributed by atoms with E-state index < -0.39 is 0 Å². The Balaban J connectivity index is 1.60. The number of nitrogens with zero attached hydrogens (tertiary/aromatic N) is 3. The summed E-state index contributed by atoms with van der Waals surface area (Å²) in [5.41, 5.74) is 2.81. The molecule has 0 aliphatic carbocycles. The lowest BCUT2D eigenvalue weighted by atomic mass is 9.97. The first-order valence-corrected chi connectivity index (χ1v) is 9.11. The molecule has 1 aliphatic heterocycles. The summed E-state index contributed by atoms with van der Waals surface area (Å²) >= 11 is 1.48. The van der Waals surface area contributed by atoms with Gasteiger partial charge in [-0.3, -0.25) is 4.79 Å². The average Bonchev–Trinajstić information content (AvgIpc) is 3.10. The van der Waals surface area contributed by atoms with Crippen molar-refractivity contribution in [3.8, 4) is 17.0 Å². The minimum absolute atomic E-state index is 0.0369. The summed E-state index contributed by atoms with van der Waals surface area (Å²) in [5, 5.41) is 8.78. The number of hydrogen-bond donors (Lipinski definition) is 2. The van der Waals surface area contributed by atoms with Crippen LogP contribution in [0, 0.1) is 0 Å². The van der Waals surface area contributed by atoms with Crippen molar-refractivity contribution in [1.82, 2.24) is 20.3 Å². The van der Waals surface area contributed by atoms with Crippen molar-refractivity contribution in [3.05, 3.63) is 47.6 Å². The fraction of sp³-hybridized carbons (Fsp3) is 0.222. The first kappa shape index (κ1) is 16.5. The van der Waals surface area contributed by atoms with Crippen LogP contribution in [0.2, 0.25) is 0 Å². The molecule has 3 aromatic rings. The van der Waals surface area contributed by atoms with Crippen LogP contribution in [-0.2, 0) is 4.79 Å². The number of aromatic nitrogens is 3. The molecule has 132 valence electrons. The molecule has 0 radical (unpaired) electrons. The number of benzene rings is 1. The third kappa shape index (κ3) is 3.50. The van der Waals surface area contributed by atoms with Crippen molar-refractivity contribution in [1.29, 1.82) is 0 Å². The number of carbonyl (C=O) groups excluding carboxylic acids is 1. The van der Waals surface area contributed by atoms with E-state index in [1.54, 1.807) is 18.5 Å². The van der Waals surface area contributed by atoms with Crippen LogP contribution in [-0.4, -0.2) is 27.5 Å². The zero-order valence-electron chi connectivity index (χ0n) is 14.1. The zero-order valence-corrected chi connectivity index (χ0v) is 14.9. The van der Waals surface area contributed by atoms with E-state index >= 15 is 0 Å². The van der Waals surface area contributed by atoms with Gasteiger partial charge in [0.25, 0.3) is 0 Å². The molecule has 4 rings (SSSR count). The molecule has 0 saturated carbocycles. The van der Waals surface area contributed by atoms with E-state index in [0.29, 0.717) is 12.6 Å². The van der Waals surface area contributed by atoms with E-state index in [2.05, 4.69) is 25.6 Å². The van der Waals surface area contributed by atoms with Crippen LogP contribution in [0.25, 0.3) is 11.3 Å². The monoisotopic (exact) mass is 367 g/mol. The Morgan fingerprint density at radius 3 is 2.96 bits per heavy atom. The first-order chi connectivity index (χ1) is 12.7. The number of ether oxygens (including phenoxy) is 1. The van der Waals surface area contributed by atoms with Gasteiger partial charge in [-0.05, 0) is 24.3 Å². The van der Waals surface area contributed by atoms with Crippen molar-refractivity contribution < 1.29 is 9.53 Å². The van der Waals surface area contributed by atoms with Crippen LogP contribution in [0.1, 0.15) is 24.9 Å². The molecular formula is C18H17N5O2S. The topological polar surface area (TPSA) is 89.0 Å². The average molecular weight is 367 g/mol. The van der Waals surface area contributed by atoms with Gasteiger partial charge in [-0.25, -0.2) is 15.0 Å². The Hall–Kier alpha value is -3.00. The minimum Gasteiger partial charge on any atom is -0.493 e. The maximum atomic E-state index is 11.5. The summed E-state index contributed by atoms with van der Waals surface area (Å²) < 4.78 is 5.71. The molecular weight excluding hydrogens is 350 g/mol. The predicted molar refractivity (Wildman–Crippen MR) is 99.5 cm³/mol. The van der Waals surface area contributed by atoms with E-state index in [0.717, 1.165) is 34.1 Å². The molecule has 1 aliphatic rings. The highest BCUT2D eigenvalue weighted by atomic mass is 32.1. The Kier molecular flexibility index (Phi) is 4.49. The highest BCUT2D eigenvalue weighted by Gasteiger charge is 2.23. The third-order valence-electron chi connectivity index (χ3n) is 4.01. The van der Waals surface area contributed by atoms with E-state index in [-0.39, 0.29) is 11.9 Å². The molecule has 1 atom stereocenters. The van der Waals surface area contributed by atoms with Gasteiger partial charge in [-0.2, -0.15) is 0 Å². The maximum absolute atomic E-state index is 11.5. The lowest BCUT2D eigenvalue weighted by Gasteiger charge is -2.26. The van der Waals surface area contributed by atoms with Gasteiger partial charge in [0.2, 0.25) is 11.9 Å². The zero-order chi connectivity index (χ0) is 17.9. The number of rotatable bonds is 4. The van der Waals surface area contributed by atoms with Gasteiger partial charge in [-0.1, -0.05) is 0 Å². The van der Waals surface area contributed by atoms with Gasteiger partial charge in [0.05, 0.1) is 18.3 Å². The summed E-state index contributed by atoms with van der Waals surface area (Å²) in [6.45, 7) is 2.13. The second-order valence-corrected chi connectivity index (χ2v) is 6.74. The van der Waals surface area contributed by atoms with E-state index in [1.807, 2.05) is 23.6 Å². The summed E-state index contributed by atoms with van der Waals surface area (Å²) in [4.78, 5) is 24.4. The lowest BCUT2D eigenvalue weighted by Crippen LogP contribution is -2.30. The molecule has 0 saturated heterocycles. The number of fused-ring (bicyclic) bond motifs is 1. The van der Waals surface area contributed by atoms with Crippen LogP contribution in [0.4, 0.5) is 11.1 Å². The van der Waals surface area contributed by atoms with Crippen LogP contribution in [0.3, 0.4) is 0 Å². The standard InChI is InChI=1S/C18H17N5O2S/c1-11(24)21-14-5-8-25-16-4-3-12(9-13(14)16)15-10-26-18(22-15)23-17-19-6-2-7-20-17/h2-4,6-7,9-10,14H,5,8H2,1H3,(H,21,24)(H,19,20,22,23). The van der Waals surface area contributed by atoms with E-state index in [9.17, 15) is 4.79 Å². The SMILES string of the molecule is CC(=O)NC1CCOc2ccc(-c3csc(Nc4ncccn4)n3)cc21. The van der Waals surface area contributed by atoms with Crippen LogP contribution < -0.4 is 15.4 Å². The molecule has 0 bridgehead atoms. The largest absolute Gasteiger partial charge is 0.493 e. The number of hydrogen-bond acceptors (Lipinski definition) is 7. The van der Waals surface area contributed by atoms with Gasteiger partial charge in [0.15, 0.2) is 5.13 Å². The summed E-state index contributed by atoms with van der Waals surface area (Å²) in [5.74, 6) is 1.28. The maximum Gasteiger partial charge on any atom is 0.228 e. The molecule has 0 spiro atoms. The number of anilines is 2. The van der Waals surface area contributed by atoms with Crippen molar-refractivity contribution in [2.75, 3.05) is 11.9 Å². The highest BCUT2D eigenvalue weighted by molar-refractivity contribution is 7.14. The fourth-order valence-electron chi connectivity index (χ4n) is 2.87. The second-order valence-electron chi connectivity index (χ2n) is 5.88. The fourth-order valence-corrected chi connectivity index (χ4v) is 3.59. The second kappa shape index (κ2) is 7.09. The third-order valence-corrected chi connectivity index (χ3v) is 4.77. The molecule has 1 aromatic carbocycles. The molecule has 7 nitrogen and oxygen atoms in total. The normalized spacial score (nSPS) is 15.7. The van der Waals surface area contributed by atoms with Crippen molar-refractivity contribution >= 4 is 28.3 Å². The molecule has 3 heterocycles. The van der Waals surface area contributed by atoms with Crippen molar-refractivity contribution in [2.24, 2.45) is 0 Å². The van der Waals surface area contributed by atoms with E-state index in [1.165, 1.54) is 18.3 Å². The summed E-state index contributed by atoms with van der Waals surface area (Å²) in [6, 6.07) is 7.68. The van der Waals surface area contributed by atoms with Gasteiger partial charge in [0.1, 0.15) is 5.75 Å². The molecule has 26 heavy (non-hydrogen) atoms. The number of nitrogens with one attached hydrogen (secondary N) is 2. The van der Waals surface area contributed by atoms with Crippen LogP contribution >= 0.6 is 11.3 Å². The van der Waals surface area contributed by atoms with Gasteiger partial charge in [-0.15, -0.1) is 11.3 Å². The summed E-state index contributed by atoms with van der Waals surface area (Å²) in [6.07, 6.45) is 4.11. The van der Waals surface area contributed by atoms with Crippen molar-refractivity contribution in [2.45, 2.75) is 19.4 Å². The smallest absolute Gasteiger partial charge is 0.228 e. The van der Waals surface area contributed by atoms with Crippen LogP contribution in [0.5, 0.6) is 5.75 Å². The number of thiazole rings is 1. The summed E-state index contributed by atoms with van der Waals surface area (Å²) in [7, 11) is 0. The van der Waals surface area contributed by atoms with Gasteiger partial charge >= 0.3 is 0 Å². The molecule has 1 unspecified atom stereocenters. The van der Waals surface area contributed by atoms with Crippen LogP contribution in [0.15, 0.2) is 42.0 Å². The Labute approximate surface area is 154 Å². The molecule has 0 fully saturated rings. The van der Waals surface area contributed by atoms with Crippen molar-refractivity contribution in [3.63, 3.8) is 0 Å². The highest BCUT2D eigenvalue weighted by Crippen LogP contribution is 2.36. The Bertz CT molecular complexity index is 928. The quantitative estimate of drug-likeness (QED) is 0.735. The molecule has 2 aromatic heterocycles. The van der Waals surface area contributed by atoms with Gasteiger partial charge in [0, 0.05) is 42.2 Å². The number of carbonyl (C=O) groups is 1. The van der Waals surface area contributed by atoms with Gasteiger partial charge < -0.3 is 15.4 Å². The molecule has 2 N–H and O–H groups in total. The van der Waals surface area contributed by atoms with E-state index in [4.69, 9.17) is 4.74 Å².